The minimum absolute atomic E-state index is 0.824. The van der Waals surface area contributed by atoms with Gasteiger partial charge >= 0.3 is 0 Å². The van der Waals surface area contributed by atoms with Crippen molar-refractivity contribution in [1.29, 1.82) is 0 Å². The molecule has 0 fully saturated rings. The normalized spacial score (nSPS) is 10.9. The lowest BCUT2D eigenvalue weighted by Crippen LogP contribution is -1.95. The lowest BCUT2D eigenvalue weighted by Gasteiger charge is -2.10. The van der Waals surface area contributed by atoms with E-state index < -0.39 is 0 Å². The molecular weight excluding hydrogens is 266 g/mol. The van der Waals surface area contributed by atoms with Crippen LogP contribution in [-0.4, -0.2) is 4.98 Å². The second kappa shape index (κ2) is 5.26. The first kappa shape index (κ1) is 13.1. The van der Waals surface area contributed by atoms with Crippen molar-refractivity contribution < 1.29 is 0 Å². The topological polar surface area (TPSA) is 12.9 Å². The first-order chi connectivity index (χ1) is 9.70. The van der Waals surface area contributed by atoms with Crippen LogP contribution in [0.25, 0.3) is 22.0 Å². The van der Waals surface area contributed by atoms with Gasteiger partial charge in [0.05, 0.1) is 10.5 Å². The van der Waals surface area contributed by atoms with Crippen molar-refractivity contribution in [1.82, 2.24) is 4.98 Å². The summed E-state index contributed by atoms with van der Waals surface area (Å²) in [5, 5.41) is 1.85. The monoisotopic (exact) mass is 281 g/mol. The second-order valence-corrected chi connectivity index (χ2v) is 5.33. The number of hydrogen-bond donors (Lipinski definition) is 0. The van der Waals surface area contributed by atoms with Crippen molar-refractivity contribution in [3.8, 4) is 11.1 Å². The zero-order valence-corrected chi connectivity index (χ0v) is 12.4. The highest BCUT2D eigenvalue weighted by Crippen LogP contribution is 2.31. The molecule has 0 unspecified atom stereocenters. The number of rotatable bonds is 2. The molecule has 0 amide bonds. The molecule has 0 aliphatic rings. The predicted octanol–water partition coefficient (Wildman–Crippen LogP) is 5.43. The molecule has 0 saturated carbocycles. The molecule has 0 saturated heterocycles. The minimum Gasteiger partial charge on any atom is -0.252 e. The number of pyridine rings is 1. The van der Waals surface area contributed by atoms with Crippen LogP contribution < -0.4 is 0 Å². The van der Waals surface area contributed by atoms with E-state index in [1.807, 2.05) is 25.1 Å². The summed E-state index contributed by atoms with van der Waals surface area (Å²) in [7, 11) is 0. The molecule has 3 rings (SSSR count). The van der Waals surface area contributed by atoms with Gasteiger partial charge in [-0.05, 0) is 42.2 Å². The standard InChI is InChI=1S/C18H16ClN/c1-3-16-12(2)18(19)15-11-14(9-10-17(15)20-16)13-7-5-4-6-8-13/h4-11H,3H2,1-2H3. The number of benzene rings is 2. The van der Waals surface area contributed by atoms with Gasteiger partial charge < -0.3 is 0 Å². The molecule has 2 heteroatoms. The summed E-state index contributed by atoms with van der Waals surface area (Å²) in [6.07, 6.45) is 0.905. The Morgan fingerprint density at radius 1 is 1.00 bits per heavy atom. The fourth-order valence-electron chi connectivity index (χ4n) is 2.52. The fourth-order valence-corrected chi connectivity index (χ4v) is 2.78. The van der Waals surface area contributed by atoms with E-state index in [1.54, 1.807) is 0 Å². The Morgan fingerprint density at radius 3 is 2.45 bits per heavy atom. The van der Waals surface area contributed by atoms with Crippen LogP contribution in [0.2, 0.25) is 5.02 Å². The summed E-state index contributed by atoms with van der Waals surface area (Å²) < 4.78 is 0. The van der Waals surface area contributed by atoms with Crippen molar-refractivity contribution in [2.24, 2.45) is 0 Å². The third kappa shape index (κ3) is 2.19. The molecule has 0 aliphatic heterocycles. The Kier molecular flexibility index (Phi) is 3.45. The Labute approximate surface area is 124 Å². The number of fused-ring (bicyclic) bond motifs is 1. The summed E-state index contributed by atoms with van der Waals surface area (Å²) in [4.78, 5) is 4.70. The first-order valence-electron chi connectivity index (χ1n) is 6.85. The summed E-state index contributed by atoms with van der Waals surface area (Å²) in [5.74, 6) is 0. The van der Waals surface area contributed by atoms with Gasteiger partial charge in [-0.3, -0.25) is 4.98 Å². The summed E-state index contributed by atoms with van der Waals surface area (Å²) in [6.45, 7) is 4.15. The quantitative estimate of drug-likeness (QED) is 0.611. The highest BCUT2D eigenvalue weighted by Gasteiger charge is 2.10. The van der Waals surface area contributed by atoms with E-state index in [0.29, 0.717) is 0 Å². The van der Waals surface area contributed by atoms with Gasteiger partial charge in [0, 0.05) is 11.1 Å². The smallest absolute Gasteiger partial charge is 0.0720 e. The number of nitrogens with zero attached hydrogens (tertiary/aromatic N) is 1. The summed E-state index contributed by atoms with van der Waals surface area (Å²) >= 11 is 6.53. The zero-order valence-electron chi connectivity index (χ0n) is 11.7. The molecule has 2 aromatic carbocycles. The van der Waals surface area contributed by atoms with Gasteiger partial charge in [0.1, 0.15) is 0 Å². The molecule has 0 bridgehead atoms. The van der Waals surface area contributed by atoms with Crippen molar-refractivity contribution >= 4 is 22.5 Å². The molecule has 1 nitrogen and oxygen atoms in total. The van der Waals surface area contributed by atoms with Gasteiger partial charge in [-0.25, -0.2) is 0 Å². The number of hydrogen-bond acceptors (Lipinski definition) is 1. The average molecular weight is 282 g/mol. The molecular formula is C18H16ClN. The van der Waals surface area contributed by atoms with Gasteiger partial charge in [0.25, 0.3) is 0 Å². The SMILES string of the molecule is CCc1nc2ccc(-c3ccccc3)cc2c(Cl)c1C. The van der Waals surface area contributed by atoms with Crippen LogP contribution in [-0.2, 0) is 6.42 Å². The molecule has 0 aliphatic carbocycles. The molecule has 0 atom stereocenters. The van der Waals surface area contributed by atoms with Gasteiger partial charge in [0.2, 0.25) is 0 Å². The Hall–Kier alpha value is -1.86. The Morgan fingerprint density at radius 2 is 1.75 bits per heavy atom. The van der Waals surface area contributed by atoms with E-state index in [0.717, 1.165) is 33.6 Å². The van der Waals surface area contributed by atoms with Gasteiger partial charge in [-0.2, -0.15) is 0 Å². The van der Waals surface area contributed by atoms with Crippen LogP contribution >= 0.6 is 11.6 Å². The largest absolute Gasteiger partial charge is 0.252 e. The van der Waals surface area contributed by atoms with Crippen LogP contribution in [0.5, 0.6) is 0 Å². The maximum atomic E-state index is 6.53. The third-order valence-corrected chi connectivity index (χ3v) is 4.18. The molecule has 0 radical (unpaired) electrons. The molecule has 1 heterocycles. The highest BCUT2D eigenvalue weighted by atomic mass is 35.5. The summed E-state index contributed by atoms with van der Waals surface area (Å²) in [5.41, 5.74) is 5.51. The highest BCUT2D eigenvalue weighted by molar-refractivity contribution is 6.36. The Bertz CT molecular complexity index is 763. The van der Waals surface area contributed by atoms with E-state index >= 15 is 0 Å². The zero-order chi connectivity index (χ0) is 14.1. The molecule has 0 N–H and O–H groups in total. The van der Waals surface area contributed by atoms with Gasteiger partial charge in [-0.15, -0.1) is 0 Å². The molecule has 100 valence electrons. The predicted molar refractivity (Wildman–Crippen MR) is 86.3 cm³/mol. The maximum Gasteiger partial charge on any atom is 0.0720 e. The molecule has 1 aromatic heterocycles. The maximum absolute atomic E-state index is 6.53. The van der Waals surface area contributed by atoms with E-state index in [2.05, 4.69) is 37.3 Å². The van der Waals surface area contributed by atoms with Crippen molar-refractivity contribution in [3.63, 3.8) is 0 Å². The first-order valence-corrected chi connectivity index (χ1v) is 7.22. The van der Waals surface area contributed by atoms with Gasteiger partial charge in [-0.1, -0.05) is 54.9 Å². The van der Waals surface area contributed by atoms with Crippen LogP contribution in [0.1, 0.15) is 18.2 Å². The molecule has 20 heavy (non-hydrogen) atoms. The van der Waals surface area contributed by atoms with Crippen LogP contribution in [0.4, 0.5) is 0 Å². The number of aryl methyl sites for hydroxylation is 1. The lowest BCUT2D eigenvalue weighted by atomic mass is 10.0. The van der Waals surface area contributed by atoms with E-state index in [1.165, 1.54) is 11.1 Å². The lowest BCUT2D eigenvalue weighted by molar-refractivity contribution is 1.03. The third-order valence-electron chi connectivity index (χ3n) is 3.69. The number of aromatic nitrogens is 1. The summed E-state index contributed by atoms with van der Waals surface area (Å²) in [6, 6.07) is 16.6. The van der Waals surface area contributed by atoms with Crippen molar-refractivity contribution in [3.05, 3.63) is 64.8 Å². The Balaban J connectivity index is 2.24. The number of halogens is 1. The van der Waals surface area contributed by atoms with E-state index in [4.69, 9.17) is 16.6 Å². The average Bonchev–Trinajstić information content (AvgIpc) is 2.51. The van der Waals surface area contributed by atoms with Crippen LogP contribution in [0.15, 0.2) is 48.5 Å². The minimum atomic E-state index is 0.824. The van der Waals surface area contributed by atoms with Crippen LogP contribution in [0.3, 0.4) is 0 Å². The van der Waals surface area contributed by atoms with E-state index in [-0.39, 0.29) is 0 Å². The second-order valence-electron chi connectivity index (χ2n) is 4.95. The molecule has 0 spiro atoms. The van der Waals surface area contributed by atoms with Crippen molar-refractivity contribution in [2.45, 2.75) is 20.3 Å². The van der Waals surface area contributed by atoms with Crippen LogP contribution in [0, 0.1) is 6.92 Å². The van der Waals surface area contributed by atoms with E-state index in [9.17, 15) is 0 Å². The van der Waals surface area contributed by atoms with Crippen molar-refractivity contribution in [2.75, 3.05) is 0 Å². The fraction of sp³-hybridized carbons (Fsp3) is 0.167. The molecule has 3 aromatic rings. The van der Waals surface area contributed by atoms with Gasteiger partial charge in [0.15, 0.2) is 0 Å².